The predicted molar refractivity (Wildman–Crippen MR) is 48.3 cm³/mol. The van der Waals surface area contributed by atoms with Crippen molar-refractivity contribution in [3.8, 4) is 0 Å². The third kappa shape index (κ3) is 3.75. The second-order valence-corrected chi connectivity index (χ2v) is 3.60. The molecule has 1 atom stereocenters. The maximum atomic E-state index is 9.00. The summed E-state index contributed by atoms with van der Waals surface area (Å²) >= 11 is 1.45. The molecule has 5 nitrogen and oxygen atoms in total. The lowest BCUT2D eigenvalue weighted by molar-refractivity contribution is 0.113. The van der Waals surface area contributed by atoms with Gasteiger partial charge in [0, 0.05) is 12.7 Å². The molecule has 1 rings (SSSR count). The van der Waals surface area contributed by atoms with Crippen LogP contribution in [-0.4, -0.2) is 38.9 Å². The first kappa shape index (κ1) is 10.5. The summed E-state index contributed by atoms with van der Waals surface area (Å²) in [6.07, 6.45) is -0.672. The maximum absolute atomic E-state index is 9.00. The average Bonchev–Trinajstić information content (AvgIpc) is 2.51. The molecule has 0 radical (unpaired) electrons. The van der Waals surface area contributed by atoms with Gasteiger partial charge in [-0.3, -0.25) is 0 Å². The van der Waals surface area contributed by atoms with Crippen LogP contribution in [0.3, 0.4) is 0 Å². The first-order chi connectivity index (χ1) is 6.22. The van der Waals surface area contributed by atoms with Crippen molar-refractivity contribution in [2.45, 2.75) is 18.8 Å². The molecule has 0 aliphatic carbocycles. The van der Waals surface area contributed by atoms with E-state index in [2.05, 4.69) is 10.2 Å². The van der Waals surface area contributed by atoms with Crippen molar-refractivity contribution in [3.63, 3.8) is 0 Å². The van der Waals surface area contributed by atoms with Gasteiger partial charge in [-0.25, -0.2) is 0 Å². The number of aromatic nitrogens is 2. The topological polar surface area (TPSA) is 79.4 Å². The summed E-state index contributed by atoms with van der Waals surface area (Å²) in [6, 6.07) is 0. The summed E-state index contributed by atoms with van der Waals surface area (Å²) in [6.45, 7) is 1.51. The predicted octanol–water partition coefficient (Wildman–Crippen LogP) is -0.0356. The fraction of sp³-hybridized carbons (Fsp3) is 0.714. The number of aryl methyl sites for hydroxylation is 1. The molecule has 0 aromatic carbocycles. The van der Waals surface area contributed by atoms with Crippen LogP contribution in [0, 0.1) is 6.92 Å². The van der Waals surface area contributed by atoms with Crippen molar-refractivity contribution in [1.29, 1.82) is 0 Å². The molecule has 0 spiro atoms. The van der Waals surface area contributed by atoms with Crippen LogP contribution in [0.25, 0.3) is 0 Å². The lowest BCUT2D eigenvalue weighted by Crippen LogP contribution is -2.14. The van der Waals surface area contributed by atoms with Gasteiger partial charge in [0.1, 0.15) is 0 Å². The van der Waals surface area contributed by atoms with Gasteiger partial charge >= 0.3 is 0 Å². The molecule has 1 heterocycles. The van der Waals surface area contributed by atoms with E-state index in [4.69, 9.17) is 14.6 Å². The molecule has 1 aromatic rings. The number of aliphatic hydroxyl groups is 2. The van der Waals surface area contributed by atoms with Crippen molar-refractivity contribution in [3.05, 3.63) is 11.8 Å². The summed E-state index contributed by atoms with van der Waals surface area (Å²) in [5.74, 6) is 2.13. The second kappa shape index (κ2) is 5.21. The monoisotopic (exact) mass is 204 g/mol. The van der Waals surface area contributed by atoms with Crippen molar-refractivity contribution in [2.24, 2.45) is 0 Å². The minimum absolute atomic E-state index is 0.212. The van der Waals surface area contributed by atoms with Gasteiger partial charge < -0.3 is 14.6 Å². The normalized spacial score (nSPS) is 13.2. The highest BCUT2D eigenvalue weighted by atomic mass is 32.2. The molecular weight excluding hydrogens is 192 g/mol. The van der Waals surface area contributed by atoms with Crippen LogP contribution >= 0.6 is 11.8 Å². The summed E-state index contributed by atoms with van der Waals surface area (Å²) < 4.78 is 5.11. The minimum atomic E-state index is -0.672. The molecule has 1 aromatic heterocycles. The molecule has 2 N–H and O–H groups in total. The Bertz CT molecular complexity index is 254. The van der Waals surface area contributed by atoms with Gasteiger partial charge in [-0.05, 0) is 0 Å². The van der Waals surface area contributed by atoms with Crippen LogP contribution < -0.4 is 0 Å². The largest absolute Gasteiger partial charge is 0.425 e. The first-order valence-corrected chi connectivity index (χ1v) is 5.03. The van der Waals surface area contributed by atoms with E-state index >= 15 is 0 Å². The third-order valence-corrected chi connectivity index (χ3v) is 2.39. The number of aliphatic hydroxyl groups excluding tert-OH is 2. The zero-order valence-electron chi connectivity index (χ0n) is 7.30. The van der Waals surface area contributed by atoms with E-state index in [0.29, 0.717) is 23.3 Å². The Labute approximate surface area is 80.2 Å². The van der Waals surface area contributed by atoms with E-state index in [9.17, 15) is 0 Å². The number of hydrogen-bond donors (Lipinski definition) is 2. The third-order valence-electron chi connectivity index (χ3n) is 1.31. The smallest absolute Gasteiger partial charge is 0.226 e. The Morgan fingerprint density at radius 3 is 2.85 bits per heavy atom. The van der Waals surface area contributed by atoms with E-state index in [-0.39, 0.29) is 6.61 Å². The number of thioether (sulfide) groups is 1. The molecule has 0 bridgehead atoms. The molecule has 0 fully saturated rings. The lowest BCUT2D eigenvalue weighted by Gasteiger charge is -2.03. The van der Waals surface area contributed by atoms with Gasteiger partial charge in [0.2, 0.25) is 11.8 Å². The summed E-state index contributed by atoms with van der Waals surface area (Å²) in [4.78, 5) is 0. The van der Waals surface area contributed by atoms with Crippen LogP contribution in [0.5, 0.6) is 0 Å². The van der Waals surface area contributed by atoms with E-state index in [0.717, 1.165) is 0 Å². The van der Waals surface area contributed by atoms with Gasteiger partial charge in [0.15, 0.2) is 0 Å². The fourth-order valence-corrected chi connectivity index (χ4v) is 1.52. The Morgan fingerprint density at radius 2 is 2.31 bits per heavy atom. The fourth-order valence-electron chi connectivity index (χ4n) is 0.731. The quantitative estimate of drug-likeness (QED) is 0.701. The van der Waals surface area contributed by atoms with Gasteiger partial charge in [0.25, 0.3) is 0 Å². The van der Waals surface area contributed by atoms with E-state index in [1.165, 1.54) is 11.8 Å². The van der Waals surface area contributed by atoms with Gasteiger partial charge in [0.05, 0.1) is 18.5 Å². The molecule has 74 valence electrons. The van der Waals surface area contributed by atoms with Crippen LogP contribution in [0.1, 0.15) is 11.8 Å². The van der Waals surface area contributed by atoms with E-state index in [1.807, 2.05) is 0 Å². The van der Waals surface area contributed by atoms with Crippen LogP contribution in [0.4, 0.5) is 0 Å². The molecule has 0 amide bonds. The second-order valence-electron chi connectivity index (χ2n) is 2.57. The van der Waals surface area contributed by atoms with Crippen LogP contribution in [-0.2, 0) is 5.75 Å². The van der Waals surface area contributed by atoms with E-state index < -0.39 is 6.10 Å². The molecule has 13 heavy (non-hydrogen) atoms. The van der Waals surface area contributed by atoms with Crippen molar-refractivity contribution < 1.29 is 14.6 Å². The lowest BCUT2D eigenvalue weighted by atomic mass is 10.4. The molecule has 0 saturated heterocycles. The number of nitrogens with zero attached hydrogens (tertiary/aromatic N) is 2. The minimum Gasteiger partial charge on any atom is -0.425 e. The Morgan fingerprint density at radius 1 is 1.54 bits per heavy atom. The van der Waals surface area contributed by atoms with Crippen molar-refractivity contribution >= 4 is 11.8 Å². The molecular formula is C7H12N2O3S. The van der Waals surface area contributed by atoms with Gasteiger partial charge in [-0.1, -0.05) is 0 Å². The van der Waals surface area contributed by atoms with Gasteiger partial charge in [-0.2, -0.15) is 0 Å². The van der Waals surface area contributed by atoms with E-state index in [1.54, 1.807) is 6.92 Å². The molecule has 0 aliphatic heterocycles. The summed E-state index contributed by atoms with van der Waals surface area (Å²) in [5.41, 5.74) is 0. The highest BCUT2D eigenvalue weighted by Gasteiger charge is 2.05. The molecule has 1 unspecified atom stereocenters. The van der Waals surface area contributed by atoms with Crippen molar-refractivity contribution in [1.82, 2.24) is 10.2 Å². The standard InChI is InChI=1S/C7H12N2O3S/c1-5-8-9-7(12-5)4-13-3-6(11)2-10/h6,10-11H,2-4H2,1H3. The van der Waals surface area contributed by atoms with Crippen molar-refractivity contribution in [2.75, 3.05) is 12.4 Å². The summed E-state index contributed by atoms with van der Waals surface area (Å²) in [7, 11) is 0. The van der Waals surface area contributed by atoms with Crippen LogP contribution in [0.2, 0.25) is 0 Å². The highest BCUT2D eigenvalue weighted by molar-refractivity contribution is 7.98. The molecule has 6 heteroatoms. The summed E-state index contributed by atoms with van der Waals surface area (Å²) in [5, 5.41) is 25.0. The zero-order chi connectivity index (χ0) is 9.68. The number of rotatable bonds is 5. The number of hydrogen-bond acceptors (Lipinski definition) is 6. The first-order valence-electron chi connectivity index (χ1n) is 3.88. The Kier molecular flexibility index (Phi) is 4.20. The maximum Gasteiger partial charge on any atom is 0.226 e. The molecule has 0 saturated carbocycles. The highest BCUT2D eigenvalue weighted by Crippen LogP contribution is 2.11. The van der Waals surface area contributed by atoms with Gasteiger partial charge in [-0.15, -0.1) is 22.0 Å². The SMILES string of the molecule is Cc1nnc(CSCC(O)CO)o1. The Balaban J connectivity index is 2.20. The van der Waals surface area contributed by atoms with Crippen LogP contribution in [0.15, 0.2) is 4.42 Å². The average molecular weight is 204 g/mol. The Hall–Kier alpha value is -0.590. The molecule has 0 aliphatic rings. The zero-order valence-corrected chi connectivity index (χ0v) is 8.12.